The molecule has 82 valence electrons. The van der Waals surface area contributed by atoms with Gasteiger partial charge < -0.3 is 10.5 Å². The summed E-state index contributed by atoms with van der Waals surface area (Å²) in [5.74, 6) is 6.02. The summed E-state index contributed by atoms with van der Waals surface area (Å²) >= 11 is 0. The van der Waals surface area contributed by atoms with Gasteiger partial charge in [-0.15, -0.1) is 0 Å². The van der Waals surface area contributed by atoms with Crippen molar-refractivity contribution in [2.45, 2.75) is 19.9 Å². The third-order valence-corrected chi connectivity index (χ3v) is 2.36. The number of rotatable bonds is 4. The van der Waals surface area contributed by atoms with E-state index in [0.717, 1.165) is 6.29 Å². The second kappa shape index (κ2) is 4.79. The number of nitrogens with two attached hydrogens (primary N) is 2. The van der Waals surface area contributed by atoms with E-state index in [9.17, 15) is 4.79 Å². The first-order valence-corrected chi connectivity index (χ1v) is 4.91. The smallest absolute Gasteiger partial charge is 0.144 e. The van der Waals surface area contributed by atoms with E-state index in [2.05, 4.69) is 0 Å². The minimum absolute atomic E-state index is 0.145. The molecular formula is C11H17N3O. The molecule has 4 nitrogen and oxygen atoms in total. The van der Waals surface area contributed by atoms with Crippen LogP contribution in [0.15, 0.2) is 24.3 Å². The molecule has 15 heavy (non-hydrogen) atoms. The summed E-state index contributed by atoms with van der Waals surface area (Å²) in [5.41, 5.74) is 7.04. The minimum atomic E-state index is -0.352. The van der Waals surface area contributed by atoms with E-state index >= 15 is 0 Å². The van der Waals surface area contributed by atoms with E-state index < -0.39 is 0 Å². The van der Waals surface area contributed by atoms with Gasteiger partial charge in [0.2, 0.25) is 0 Å². The van der Waals surface area contributed by atoms with Crippen molar-refractivity contribution in [3.8, 4) is 0 Å². The van der Waals surface area contributed by atoms with Crippen molar-refractivity contribution in [3.05, 3.63) is 24.3 Å². The van der Waals surface area contributed by atoms with E-state index in [1.54, 1.807) is 12.1 Å². The Bertz CT molecular complexity index is 338. The number of anilines is 2. The highest BCUT2D eigenvalue weighted by Gasteiger charge is 2.20. The molecule has 1 atom stereocenters. The maximum atomic E-state index is 10.9. The van der Waals surface area contributed by atoms with Gasteiger partial charge in [0.1, 0.15) is 12.3 Å². The predicted molar refractivity (Wildman–Crippen MR) is 62.2 cm³/mol. The SMILES string of the molecule is CC(C)C(C=O)N(N)c1ccccc1N. The molecule has 0 radical (unpaired) electrons. The molecule has 0 aromatic heterocycles. The van der Waals surface area contributed by atoms with Gasteiger partial charge in [-0.3, -0.25) is 5.01 Å². The first-order valence-electron chi connectivity index (χ1n) is 4.91. The summed E-state index contributed by atoms with van der Waals surface area (Å²) in [4.78, 5) is 10.9. The predicted octanol–water partition coefficient (Wildman–Crippen LogP) is 1.17. The molecule has 0 aliphatic carbocycles. The molecule has 0 saturated carbocycles. The van der Waals surface area contributed by atoms with Crippen molar-refractivity contribution < 1.29 is 4.79 Å². The fraction of sp³-hybridized carbons (Fsp3) is 0.364. The number of para-hydroxylation sites is 2. The third kappa shape index (κ3) is 2.47. The Balaban J connectivity index is 2.97. The normalized spacial score (nSPS) is 12.5. The number of hydrogen-bond donors (Lipinski definition) is 2. The van der Waals surface area contributed by atoms with E-state index in [0.29, 0.717) is 11.4 Å². The molecule has 0 aliphatic rings. The number of hydrogen-bond acceptors (Lipinski definition) is 4. The number of aldehydes is 1. The first kappa shape index (κ1) is 11.5. The zero-order valence-corrected chi connectivity index (χ0v) is 9.05. The zero-order chi connectivity index (χ0) is 11.4. The van der Waals surface area contributed by atoms with Gasteiger partial charge in [0.15, 0.2) is 0 Å². The summed E-state index contributed by atoms with van der Waals surface area (Å²) in [7, 11) is 0. The van der Waals surface area contributed by atoms with Crippen molar-refractivity contribution >= 4 is 17.7 Å². The number of hydrazine groups is 1. The quantitative estimate of drug-likeness (QED) is 0.336. The molecule has 1 unspecified atom stereocenters. The minimum Gasteiger partial charge on any atom is -0.397 e. The van der Waals surface area contributed by atoms with Gasteiger partial charge in [0.25, 0.3) is 0 Å². The lowest BCUT2D eigenvalue weighted by atomic mass is 10.0. The Morgan fingerprint density at radius 1 is 1.33 bits per heavy atom. The molecule has 4 heteroatoms. The summed E-state index contributed by atoms with van der Waals surface area (Å²) in [5, 5.41) is 1.42. The largest absolute Gasteiger partial charge is 0.397 e. The standard InChI is InChI=1S/C11H17N3O/c1-8(2)11(7-15)14(13)10-6-4-3-5-9(10)12/h3-8,11H,12-13H2,1-2H3. The van der Waals surface area contributed by atoms with Crippen LogP contribution in [0.2, 0.25) is 0 Å². The molecule has 4 N–H and O–H groups in total. The van der Waals surface area contributed by atoms with Gasteiger partial charge in [-0.25, -0.2) is 5.84 Å². The lowest BCUT2D eigenvalue weighted by Gasteiger charge is -2.28. The Morgan fingerprint density at radius 2 is 1.93 bits per heavy atom. The molecule has 1 aromatic carbocycles. The van der Waals surface area contributed by atoms with Crippen LogP contribution in [0, 0.1) is 5.92 Å². The highest BCUT2D eigenvalue weighted by molar-refractivity contribution is 5.73. The molecule has 1 aromatic rings. The average Bonchev–Trinajstić information content (AvgIpc) is 2.18. The van der Waals surface area contributed by atoms with Crippen LogP contribution in [0.25, 0.3) is 0 Å². The molecule has 0 heterocycles. The molecule has 0 fully saturated rings. The molecule has 0 saturated heterocycles. The lowest BCUT2D eigenvalue weighted by molar-refractivity contribution is -0.109. The Morgan fingerprint density at radius 3 is 2.40 bits per heavy atom. The van der Waals surface area contributed by atoms with Crippen molar-refractivity contribution in [1.29, 1.82) is 0 Å². The van der Waals surface area contributed by atoms with Crippen molar-refractivity contribution in [1.82, 2.24) is 0 Å². The summed E-state index contributed by atoms with van der Waals surface area (Å²) in [6.45, 7) is 3.89. The monoisotopic (exact) mass is 207 g/mol. The average molecular weight is 207 g/mol. The number of benzene rings is 1. The molecule has 0 aliphatic heterocycles. The van der Waals surface area contributed by atoms with Gasteiger partial charge in [-0.1, -0.05) is 26.0 Å². The van der Waals surface area contributed by atoms with Crippen LogP contribution >= 0.6 is 0 Å². The van der Waals surface area contributed by atoms with Gasteiger partial charge in [0, 0.05) is 0 Å². The highest BCUT2D eigenvalue weighted by atomic mass is 16.1. The maximum Gasteiger partial charge on any atom is 0.144 e. The van der Waals surface area contributed by atoms with Gasteiger partial charge in [-0.05, 0) is 18.1 Å². The number of nitrogens with zero attached hydrogens (tertiary/aromatic N) is 1. The molecular weight excluding hydrogens is 190 g/mol. The van der Waals surface area contributed by atoms with E-state index in [-0.39, 0.29) is 12.0 Å². The summed E-state index contributed by atoms with van der Waals surface area (Å²) in [6, 6.07) is 6.88. The molecule has 1 rings (SSSR count). The molecule has 0 amide bonds. The van der Waals surface area contributed by atoms with Gasteiger partial charge in [-0.2, -0.15) is 0 Å². The van der Waals surface area contributed by atoms with Crippen LogP contribution in [0.1, 0.15) is 13.8 Å². The lowest BCUT2D eigenvalue weighted by Crippen LogP contribution is -2.45. The number of carbonyl (C=O) groups is 1. The van der Waals surface area contributed by atoms with Crippen LogP contribution in [-0.4, -0.2) is 12.3 Å². The number of nitrogen functional groups attached to an aromatic ring is 1. The maximum absolute atomic E-state index is 10.9. The van der Waals surface area contributed by atoms with E-state index in [4.69, 9.17) is 11.6 Å². The van der Waals surface area contributed by atoms with Crippen molar-refractivity contribution in [2.24, 2.45) is 11.8 Å². The fourth-order valence-electron chi connectivity index (χ4n) is 1.43. The van der Waals surface area contributed by atoms with E-state index in [1.807, 2.05) is 26.0 Å². The topological polar surface area (TPSA) is 72.3 Å². The van der Waals surface area contributed by atoms with E-state index in [1.165, 1.54) is 5.01 Å². The van der Waals surface area contributed by atoms with Gasteiger partial charge >= 0.3 is 0 Å². The second-order valence-electron chi connectivity index (χ2n) is 3.84. The van der Waals surface area contributed by atoms with Gasteiger partial charge in [0.05, 0.1) is 11.4 Å². The third-order valence-electron chi connectivity index (χ3n) is 2.36. The van der Waals surface area contributed by atoms with Crippen molar-refractivity contribution in [3.63, 3.8) is 0 Å². The van der Waals surface area contributed by atoms with Crippen LogP contribution < -0.4 is 16.6 Å². The van der Waals surface area contributed by atoms with Crippen LogP contribution in [0.3, 0.4) is 0 Å². The molecule has 0 bridgehead atoms. The Labute approximate surface area is 89.8 Å². The summed E-state index contributed by atoms with van der Waals surface area (Å²) in [6.07, 6.45) is 0.844. The van der Waals surface area contributed by atoms with Crippen LogP contribution in [0.5, 0.6) is 0 Å². The zero-order valence-electron chi connectivity index (χ0n) is 9.05. The highest BCUT2D eigenvalue weighted by Crippen LogP contribution is 2.23. The first-order chi connectivity index (χ1) is 7.07. The molecule has 0 spiro atoms. The second-order valence-corrected chi connectivity index (χ2v) is 3.84. The Hall–Kier alpha value is -1.55. The number of carbonyl (C=O) groups excluding carboxylic acids is 1. The fourth-order valence-corrected chi connectivity index (χ4v) is 1.43. The van der Waals surface area contributed by atoms with Crippen molar-refractivity contribution in [2.75, 3.05) is 10.7 Å². The summed E-state index contributed by atoms with van der Waals surface area (Å²) < 4.78 is 0. The van der Waals surface area contributed by atoms with Crippen LogP contribution in [0.4, 0.5) is 11.4 Å². The van der Waals surface area contributed by atoms with Crippen LogP contribution in [-0.2, 0) is 4.79 Å². The Kier molecular flexibility index (Phi) is 3.68.